The van der Waals surface area contributed by atoms with Crippen molar-refractivity contribution in [1.82, 2.24) is 0 Å². The molecule has 3 atom stereocenters. The molecule has 0 aromatic carbocycles. The van der Waals surface area contributed by atoms with Crippen molar-refractivity contribution in [2.24, 2.45) is 17.8 Å². The van der Waals surface area contributed by atoms with Gasteiger partial charge in [-0.15, -0.1) is 0 Å². The molecule has 2 aliphatic carbocycles. The third kappa shape index (κ3) is 1.24. The van der Waals surface area contributed by atoms with Crippen molar-refractivity contribution in [2.75, 3.05) is 0 Å². The molecular formula is C12H16. The number of hydrogen-bond acceptors (Lipinski definition) is 0. The van der Waals surface area contributed by atoms with Crippen molar-refractivity contribution in [2.45, 2.75) is 26.7 Å². The Morgan fingerprint density at radius 1 is 1.42 bits per heavy atom. The molecule has 1 fully saturated rings. The highest BCUT2D eigenvalue weighted by molar-refractivity contribution is 5.28. The first-order chi connectivity index (χ1) is 5.79. The van der Waals surface area contributed by atoms with Crippen LogP contribution >= 0.6 is 0 Å². The van der Waals surface area contributed by atoms with Crippen LogP contribution in [0, 0.1) is 24.2 Å². The monoisotopic (exact) mass is 160 g/mol. The zero-order valence-electron chi connectivity index (χ0n) is 7.88. The van der Waals surface area contributed by atoms with Gasteiger partial charge in [0.2, 0.25) is 0 Å². The predicted molar refractivity (Wildman–Crippen MR) is 51.5 cm³/mol. The van der Waals surface area contributed by atoms with Crippen LogP contribution < -0.4 is 0 Å². The Labute approximate surface area is 75.4 Å². The summed E-state index contributed by atoms with van der Waals surface area (Å²) in [5.41, 5.74) is 1.61. The van der Waals surface area contributed by atoms with Crippen molar-refractivity contribution >= 4 is 0 Å². The minimum atomic E-state index is 0.657. The highest BCUT2D eigenvalue weighted by Gasteiger charge is 2.33. The molecule has 0 heteroatoms. The fourth-order valence-corrected chi connectivity index (χ4v) is 2.22. The van der Waals surface area contributed by atoms with E-state index in [9.17, 15) is 0 Å². The smallest absolute Gasteiger partial charge is 0.00588 e. The zero-order chi connectivity index (χ0) is 8.55. The average molecular weight is 160 g/mol. The molecule has 0 bridgehead atoms. The van der Waals surface area contributed by atoms with E-state index in [1.807, 2.05) is 0 Å². The van der Waals surface area contributed by atoms with Gasteiger partial charge < -0.3 is 0 Å². The first-order valence-electron chi connectivity index (χ1n) is 4.91. The van der Waals surface area contributed by atoms with E-state index in [4.69, 9.17) is 0 Å². The van der Waals surface area contributed by atoms with Gasteiger partial charge in [0.15, 0.2) is 0 Å². The summed E-state index contributed by atoms with van der Waals surface area (Å²) in [4.78, 5) is 0. The summed E-state index contributed by atoms with van der Waals surface area (Å²) in [6, 6.07) is 0. The summed E-state index contributed by atoms with van der Waals surface area (Å²) in [5.74, 6) is 2.04. The first kappa shape index (κ1) is 8.10. The molecule has 0 N–H and O–H groups in total. The lowest BCUT2D eigenvalue weighted by Crippen LogP contribution is -2.00. The molecule has 2 rings (SSSR count). The fraction of sp³-hybridized carbons (Fsp3) is 0.583. The zero-order valence-corrected chi connectivity index (χ0v) is 7.88. The molecule has 0 heterocycles. The van der Waals surface area contributed by atoms with Gasteiger partial charge in [0.05, 0.1) is 0 Å². The molecule has 0 spiro atoms. The molecule has 0 aromatic heterocycles. The average Bonchev–Trinajstić information content (AvgIpc) is 2.30. The standard InChI is InChI=1S/C12H16/c1-9-8-11-6-4-3-5-7-12(11)10(9)2/h3,5,7,9-11H,4,6H2,1-2H3. The van der Waals surface area contributed by atoms with Crippen LogP contribution in [-0.2, 0) is 0 Å². The second kappa shape index (κ2) is 3.08. The van der Waals surface area contributed by atoms with Gasteiger partial charge in [-0.1, -0.05) is 37.6 Å². The Morgan fingerprint density at radius 3 is 3.08 bits per heavy atom. The summed E-state index contributed by atoms with van der Waals surface area (Å²) in [7, 11) is 0. The van der Waals surface area contributed by atoms with Gasteiger partial charge in [-0.05, 0) is 37.0 Å². The SMILES string of the molecule is CC1[C]C2CCC=CC=C2C1C. The van der Waals surface area contributed by atoms with E-state index >= 15 is 0 Å². The van der Waals surface area contributed by atoms with E-state index in [-0.39, 0.29) is 0 Å². The third-order valence-corrected chi connectivity index (χ3v) is 3.19. The van der Waals surface area contributed by atoms with Crippen LogP contribution in [0.4, 0.5) is 0 Å². The summed E-state index contributed by atoms with van der Waals surface area (Å²) >= 11 is 0. The summed E-state index contributed by atoms with van der Waals surface area (Å²) in [6.45, 7) is 4.60. The minimum absolute atomic E-state index is 0.657. The van der Waals surface area contributed by atoms with Crippen molar-refractivity contribution in [1.29, 1.82) is 0 Å². The van der Waals surface area contributed by atoms with E-state index in [0.717, 1.165) is 5.92 Å². The van der Waals surface area contributed by atoms with Gasteiger partial charge in [0, 0.05) is 0 Å². The Bertz CT molecular complexity index is 222. The topological polar surface area (TPSA) is 0 Å². The van der Waals surface area contributed by atoms with E-state index < -0.39 is 0 Å². The fourth-order valence-electron chi connectivity index (χ4n) is 2.22. The quantitative estimate of drug-likeness (QED) is 0.510. The van der Waals surface area contributed by atoms with Gasteiger partial charge >= 0.3 is 0 Å². The summed E-state index contributed by atoms with van der Waals surface area (Å²) in [6.07, 6.45) is 12.9. The maximum absolute atomic E-state index is 3.64. The molecule has 2 aliphatic rings. The van der Waals surface area contributed by atoms with Crippen LogP contribution in [-0.4, -0.2) is 0 Å². The summed E-state index contributed by atoms with van der Waals surface area (Å²) < 4.78 is 0. The van der Waals surface area contributed by atoms with Crippen LogP contribution in [0.15, 0.2) is 23.8 Å². The second-order valence-corrected chi connectivity index (χ2v) is 3.97. The van der Waals surface area contributed by atoms with Crippen molar-refractivity contribution < 1.29 is 0 Å². The number of hydrogen-bond donors (Lipinski definition) is 0. The van der Waals surface area contributed by atoms with Crippen LogP contribution in [0.25, 0.3) is 0 Å². The maximum Gasteiger partial charge on any atom is -0.00588 e. The van der Waals surface area contributed by atoms with Gasteiger partial charge in [-0.2, -0.15) is 0 Å². The largest absolute Gasteiger partial charge is 0.0845 e. The molecule has 12 heavy (non-hydrogen) atoms. The Hall–Kier alpha value is -0.520. The normalized spacial score (nSPS) is 40.5. The van der Waals surface area contributed by atoms with Gasteiger partial charge in [-0.25, -0.2) is 0 Å². The lowest BCUT2D eigenvalue weighted by atomic mass is 9.94. The third-order valence-electron chi connectivity index (χ3n) is 3.19. The number of allylic oxidation sites excluding steroid dienone is 4. The van der Waals surface area contributed by atoms with E-state index in [1.54, 1.807) is 5.57 Å². The molecule has 1 saturated carbocycles. The lowest BCUT2D eigenvalue weighted by molar-refractivity contribution is 0.554. The van der Waals surface area contributed by atoms with E-state index in [1.165, 1.54) is 12.8 Å². The molecule has 0 nitrogen and oxygen atoms in total. The summed E-state index contributed by atoms with van der Waals surface area (Å²) in [5, 5.41) is 0. The van der Waals surface area contributed by atoms with Gasteiger partial charge in [0.25, 0.3) is 0 Å². The second-order valence-electron chi connectivity index (χ2n) is 3.97. The Morgan fingerprint density at radius 2 is 2.25 bits per heavy atom. The molecule has 2 radical (unpaired) electrons. The van der Waals surface area contributed by atoms with Crippen molar-refractivity contribution in [3.63, 3.8) is 0 Å². The number of fused-ring (bicyclic) bond motifs is 1. The highest BCUT2D eigenvalue weighted by Crippen LogP contribution is 2.42. The van der Waals surface area contributed by atoms with Gasteiger partial charge in [-0.3, -0.25) is 0 Å². The lowest BCUT2D eigenvalue weighted by Gasteiger charge is -2.11. The Balaban J connectivity index is 2.23. The molecule has 0 amide bonds. The van der Waals surface area contributed by atoms with E-state index in [2.05, 4.69) is 38.5 Å². The maximum atomic E-state index is 3.64. The molecule has 0 saturated heterocycles. The van der Waals surface area contributed by atoms with Crippen molar-refractivity contribution in [3.8, 4) is 0 Å². The van der Waals surface area contributed by atoms with E-state index in [0.29, 0.717) is 11.8 Å². The minimum Gasteiger partial charge on any atom is -0.0845 e. The van der Waals surface area contributed by atoms with Crippen molar-refractivity contribution in [3.05, 3.63) is 30.2 Å². The molecule has 0 aliphatic heterocycles. The van der Waals surface area contributed by atoms with Crippen LogP contribution in [0.2, 0.25) is 0 Å². The van der Waals surface area contributed by atoms with Crippen LogP contribution in [0.1, 0.15) is 26.7 Å². The molecule has 3 unspecified atom stereocenters. The van der Waals surface area contributed by atoms with Gasteiger partial charge in [0.1, 0.15) is 0 Å². The molecule has 64 valence electrons. The van der Waals surface area contributed by atoms with Crippen LogP contribution in [0.3, 0.4) is 0 Å². The molecule has 0 aromatic rings. The number of rotatable bonds is 0. The van der Waals surface area contributed by atoms with Crippen LogP contribution in [0.5, 0.6) is 0 Å². The Kier molecular flexibility index (Phi) is 2.08. The first-order valence-corrected chi connectivity index (χ1v) is 4.91. The highest BCUT2D eigenvalue weighted by atomic mass is 14.4. The molecular weight excluding hydrogens is 144 g/mol. The predicted octanol–water partition coefficient (Wildman–Crippen LogP) is 3.25.